The second kappa shape index (κ2) is 8.16. The lowest BCUT2D eigenvalue weighted by Gasteiger charge is -2.14. The van der Waals surface area contributed by atoms with Crippen molar-refractivity contribution in [2.24, 2.45) is 5.92 Å². The number of sulfone groups is 1. The molecule has 0 bridgehead atoms. The van der Waals surface area contributed by atoms with Gasteiger partial charge in [-0.05, 0) is 51.5 Å². The van der Waals surface area contributed by atoms with Crippen LogP contribution in [0.25, 0.3) is 0 Å². The van der Waals surface area contributed by atoms with Crippen molar-refractivity contribution in [2.75, 3.05) is 18.1 Å². The van der Waals surface area contributed by atoms with Crippen LogP contribution in [0.15, 0.2) is 0 Å². The molecule has 1 aliphatic carbocycles. The maximum Gasteiger partial charge on any atom is 0.150 e. The summed E-state index contributed by atoms with van der Waals surface area (Å²) >= 11 is 0. The first-order chi connectivity index (χ1) is 8.53. The van der Waals surface area contributed by atoms with Gasteiger partial charge < -0.3 is 5.32 Å². The monoisotopic (exact) mass is 275 g/mol. The van der Waals surface area contributed by atoms with E-state index in [1.54, 1.807) is 0 Å². The van der Waals surface area contributed by atoms with Crippen LogP contribution in [0.4, 0.5) is 0 Å². The molecule has 1 aliphatic rings. The van der Waals surface area contributed by atoms with E-state index in [2.05, 4.69) is 19.2 Å². The molecule has 1 saturated carbocycles. The van der Waals surface area contributed by atoms with E-state index in [0.29, 0.717) is 23.5 Å². The first-order valence-electron chi connectivity index (χ1n) is 7.47. The summed E-state index contributed by atoms with van der Waals surface area (Å²) in [5.74, 6) is 1.26. The average molecular weight is 275 g/mol. The molecule has 1 fully saturated rings. The van der Waals surface area contributed by atoms with Crippen molar-refractivity contribution in [1.82, 2.24) is 5.32 Å². The predicted molar refractivity (Wildman–Crippen MR) is 77.6 cm³/mol. The Morgan fingerprint density at radius 3 is 2.56 bits per heavy atom. The molecular formula is C14H29NO2S. The molecule has 1 atom stereocenters. The highest BCUT2D eigenvalue weighted by Gasteiger charge is 2.22. The molecule has 108 valence electrons. The quantitative estimate of drug-likeness (QED) is 0.704. The fourth-order valence-electron chi connectivity index (χ4n) is 2.72. The van der Waals surface area contributed by atoms with Crippen LogP contribution in [-0.4, -0.2) is 32.5 Å². The number of hydrogen-bond acceptors (Lipinski definition) is 3. The first-order valence-corrected chi connectivity index (χ1v) is 9.29. The van der Waals surface area contributed by atoms with Crippen molar-refractivity contribution >= 4 is 9.84 Å². The first kappa shape index (κ1) is 16.0. The number of rotatable bonds is 9. The van der Waals surface area contributed by atoms with Crippen molar-refractivity contribution in [2.45, 2.75) is 64.8 Å². The smallest absolute Gasteiger partial charge is 0.150 e. The van der Waals surface area contributed by atoms with E-state index in [0.717, 1.165) is 38.6 Å². The van der Waals surface area contributed by atoms with Gasteiger partial charge in [-0.1, -0.05) is 19.8 Å². The Morgan fingerprint density at radius 2 is 1.94 bits per heavy atom. The molecule has 0 spiro atoms. The highest BCUT2D eigenvalue weighted by molar-refractivity contribution is 7.91. The van der Waals surface area contributed by atoms with Crippen molar-refractivity contribution in [3.63, 3.8) is 0 Å². The van der Waals surface area contributed by atoms with Crippen LogP contribution < -0.4 is 5.32 Å². The molecule has 0 saturated heterocycles. The Labute approximate surface area is 113 Å². The summed E-state index contributed by atoms with van der Waals surface area (Å²) in [6.07, 6.45) is 7.57. The predicted octanol–water partition coefficient (Wildman–Crippen LogP) is 2.76. The number of nitrogens with one attached hydrogen (secondary N) is 1. The molecule has 0 aromatic rings. The third-order valence-electron chi connectivity index (χ3n) is 3.80. The van der Waals surface area contributed by atoms with Crippen LogP contribution in [0.1, 0.15) is 58.8 Å². The average Bonchev–Trinajstić information content (AvgIpc) is 2.78. The van der Waals surface area contributed by atoms with Gasteiger partial charge in [0.1, 0.15) is 0 Å². The lowest BCUT2D eigenvalue weighted by atomic mass is 10.1. The van der Waals surface area contributed by atoms with Crippen LogP contribution in [0.3, 0.4) is 0 Å². The van der Waals surface area contributed by atoms with Gasteiger partial charge >= 0.3 is 0 Å². The Hall–Kier alpha value is -0.0900. The van der Waals surface area contributed by atoms with Gasteiger partial charge in [-0.15, -0.1) is 0 Å². The molecule has 0 radical (unpaired) electrons. The Morgan fingerprint density at radius 1 is 1.28 bits per heavy atom. The summed E-state index contributed by atoms with van der Waals surface area (Å²) < 4.78 is 23.9. The maximum absolute atomic E-state index is 12.0. The van der Waals surface area contributed by atoms with Crippen LogP contribution in [0, 0.1) is 5.92 Å². The van der Waals surface area contributed by atoms with Crippen LogP contribution in [-0.2, 0) is 9.84 Å². The lowest BCUT2D eigenvalue weighted by Crippen LogP contribution is -2.27. The second-order valence-corrected chi connectivity index (χ2v) is 7.99. The molecule has 3 nitrogen and oxygen atoms in total. The minimum absolute atomic E-state index is 0.377. The van der Waals surface area contributed by atoms with Crippen molar-refractivity contribution in [1.29, 1.82) is 0 Å². The van der Waals surface area contributed by atoms with Crippen LogP contribution in [0.5, 0.6) is 0 Å². The van der Waals surface area contributed by atoms with E-state index in [4.69, 9.17) is 0 Å². The molecule has 1 N–H and O–H groups in total. The topological polar surface area (TPSA) is 46.2 Å². The normalized spacial score (nSPS) is 19.2. The Balaban J connectivity index is 2.16. The third kappa shape index (κ3) is 6.74. The van der Waals surface area contributed by atoms with Gasteiger partial charge in [-0.25, -0.2) is 8.42 Å². The third-order valence-corrected chi connectivity index (χ3v) is 5.69. The lowest BCUT2D eigenvalue weighted by molar-refractivity contribution is 0.504. The fourth-order valence-corrected chi connectivity index (χ4v) is 4.55. The highest BCUT2D eigenvalue weighted by Crippen LogP contribution is 2.26. The molecule has 1 rings (SSSR count). The molecule has 0 heterocycles. The van der Waals surface area contributed by atoms with Gasteiger partial charge in [0.05, 0.1) is 11.5 Å². The molecule has 18 heavy (non-hydrogen) atoms. The van der Waals surface area contributed by atoms with Crippen LogP contribution >= 0.6 is 0 Å². The zero-order valence-electron chi connectivity index (χ0n) is 12.0. The molecule has 1 unspecified atom stereocenters. The Kier molecular flexibility index (Phi) is 7.23. The van der Waals surface area contributed by atoms with Gasteiger partial charge in [0.25, 0.3) is 0 Å². The molecule has 0 amide bonds. The molecule has 0 aromatic carbocycles. The minimum atomic E-state index is -2.81. The van der Waals surface area contributed by atoms with Gasteiger partial charge in [0.2, 0.25) is 0 Å². The summed E-state index contributed by atoms with van der Waals surface area (Å²) in [6.45, 7) is 5.31. The van der Waals surface area contributed by atoms with E-state index in [1.807, 2.05) is 0 Å². The van der Waals surface area contributed by atoms with E-state index in [1.165, 1.54) is 12.8 Å². The van der Waals surface area contributed by atoms with Crippen molar-refractivity contribution in [3.8, 4) is 0 Å². The van der Waals surface area contributed by atoms with E-state index < -0.39 is 9.84 Å². The summed E-state index contributed by atoms with van der Waals surface area (Å²) in [5.41, 5.74) is 0. The summed E-state index contributed by atoms with van der Waals surface area (Å²) in [5, 5.41) is 3.40. The van der Waals surface area contributed by atoms with E-state index in [-0.39, 0.29) is 0 Å². The molecular weight excluding hydrogens is 246 g/mol. The highest BCUT2D eigenvalue weighted by atomic mass is 32.2. The van der Waals surface area contributed by atoms with Gasteiger partial charge in [0.15, 0.2) is 9.84 Å². The maximum atomic E-state index is 12.0. The molecule has 0 aliphatic heterocycles. The SMILES string of the molecule is CCCNC(C)CCCS(=O)(=O)CC1CCCC1. The van der Waals surface area contributed by atoms with Gasteiger partial charge in [-0.3, -0.25) is 0 Å². The minimum Gasteiger partial charge on any atom is -0.314 e. The van der Waals surface area contributed by atoms with E-state index >= 15 is 0 Å². The van der Waals surface area contributed by atoms with Crippen molar-refractivity contribution in [3.05, 3.63) is 0 Å². The molecule has 4 heteroatoms. The standard InChI is InChI=1S/C14H29NO2S/c1-3-10-15-13(2)7-6-11-18(16,17)12-14-8-4-5-9-14/h13-15H,3-12H2,1-2H3. The summed E-state index contributed by atoms with van der Waals surface area (Å²) in [4.78, 5) is 0. The van der Waals surface area contributed by atoms with E-state index in [9.17, 15) is 8.42 Å². The zero-order valence-corrected chi connectivity index (χ0v) is 12.8. The van der Waals surface area contributed by atoms with Crippen molar-refractivity contribution < 1.29 is 8.42 Å². The summed E-state index contributed by atoms with van der Waals surface area (Å²) in [7, 11) is -2.81. The van der Waals surface area contributed by atoms with Crippen LogP contribution in [0.2, 0.25) is 0 Å². The molecule has 0 aromatic heterocycles. The largest absolute Gasteiger partial charge is 0.314 e. The summed E-state index contributed by atoms with van der Waals surface area (Å²) in [6, 6.07) is 0.437. The zero-order chi connectivity index (χ0) is 13.4. The number of hydrogen-bond donors (Lipinski definition) is 1. The Bertz CT molecular complexity index is 308. The van der Waals surface area contributed by atoms with Gasteiger partial charge in [0, 0.05) is 6.04 Å². The second-order valence-electron chi connectivity index (χ2n) is 5.76. The van der Waals surface area contributed by atoms with Gasteiger partial charge in [-0.2, -0.15) is 0 Å². The fraction of sp³-hybridized carbons (Fsp3) is 1.00.